The molecule has 1 aliphatic heterocycles. The van der Waals surface area contributed by atoms with Gasteiger partial charge in [0.25, 0.3) is 0 Å². The number of piperidine rings is 1. The van der Waals surface area contributed by atoms with Crippen LogP contribution in [0.2, 0.25) is 0 Å². The molecule has 132 valence electrons. The van der Waals surface area contributed by atoms with Gasteiger partial charge in [-0.2, -0.15) is 10.2 Å². The van der Waals surface area contributed by atoms with Crippen LogP contribution in [0, 0.1) is 0 Å². The first kappa shape index (κ1) is 17.2. The first-order chi connectivity index (χ1) is 11.5. The monoisotopic (exact) mass is 351 g/mol. The van der Waals surface area contributed by atoms with Crippen LogP contribution in [-0.2, 0) is 22.9 Å². The maximum absolute atomic E-state index is 12.0. The predicted octanol–water partition coefficient (Wildman–Crippen LogP) is 2.15. The van der Waals surface area contributed by atoms with Crippen LogP contribution >= 0.6 is 0 Å². The molecule has 2 aromatic rings. The molecule has 8 heteroatoms. The molecule has 24 heavy (non-hydrogen) atoms. The third-order valence-electron chi connectivity index (χ3n) is 4.50. The van der Waals surface area contributed by atoms with Gasteiger partial charge in [0.15, 0.2) is 9.84 Å². The lowest BCUT2D eigenvalue weighted by atomic mass is 9.99. The summed E-state index contributed by atoms with van der Waals surface area (Å²) in [6.45, 7) is 4.78. The molecule has 1 N–H and O–H groups in total. The van der Waals surface area contributed by atoms with Gasteiger partial charge in [0, 0.05) is 31.1 Å². The Bertz CT molecular complexity index is 780. The van der Waals surface area contributed by atoms with Crippen LogP contribution in [0.25, 0.3) is 0 Å². The van der Waals surface area contributed by atoms with Gasteiger partial charge in [0.1, 0.15) is 4.90 Å². The SMILES string of the molecule is CCCn1cc(CN2CCCC[C@H]2c2[nH]ncc2S(C)(=O)=O)cn1. The van der Waals surface area contributed by atoms with E-state index in [1.54, 1.807) is 0 Å². The van der Waals surface area contributed by atoms with Crippen molar-refractivity contribution in [2.75, 3.05) is 12.8 Å². The number of nitrogens with zero attached hydrogens (tertiary/aromatic N) is 4. The molecule has 3 rings (SSSR count). The predicted molar refractivity (Wildman–Crippen MR) is 91.2 cm³/mol. The van der Waals surface area contributed by atoms with E-state index in [1.165, 1.54) is 12.5 Å². The molecule has 0 amide bonds. The highest BCUT2D eigenvalue weighted by atomic mass is 32.2. The molecule has 0 radical (unpaired) electrons. The Kier molecular flexibility index (Phi) is 5.05. The topological polar surface area (TPSA) is 83.9 Å². The summed E-state index contributed by atoms with van der Waals surface area (Å²) in [6, 6.07) is 0.0560. The summed E-state index contributed by atoms with van der Waals surface area (Å²) in [5.74, 6) is 0. The van der Waals surface area contributed by atoms with Gasteiger partial charge in [-0.05, 0) is 25.8 Å². The quantitative estimate of drug-likeness (QED) is 0.862. The van der Waals surface area contributed by atoms with Gasteiger partial charge < -0.3 is 0 Å². The summed E-state index contributed by atoms with van der Waals surface area (Å²) < 4.78 is 26.0. The zero-order chi connectivity index (χ0) is 17.2. The molecule has 3 heterocycles. The highest BCUT2D eigenvalue weighted by Crippen LogP contribution is 2.34. The van der Waals surface area contributed by atoms with E-state index in [-0.39, 0.29) is 6.04 Å². The third-order valence-corrected chi connectivity index (χ3v) is 5.63. The number of likely N-dealkylation sites (tertiary alicyclic amines) is 1. The average molecular weight is 351 g/mol. The summed E-state index contributed by atoms with van der Waals surface area (Å²) in [5, 5.41) is 11.3. The van der Waals surface area contributed by atoms with Crippen LogP contribution in [-0.4, -0.2) is 46.1 Å². The number of aryl methyl sites for hydroxylation is 1. The van der Waals surface area contributed by atoms with Crippen LogP contribution in [0.3, 0.4) is 0 Å². The van der Waals surface area contributed by atoms with Gasteiger partial charge in [-0.15, -0.1) is 0 Å². The second kappa shape index (κ2) is 7.06. The van der Waals surface area contributed by atoms with Crippen LogP contribution in [0.1, 0.15) is 49.9 Å². The second-order valence-corrected chi connectivity index (χ2v) is 8.50. The van der Waals surface area contributed by atoms with Crippen LogP contribution in [0.4, 0.5) is 0 Å². The average Bonchev–Trinajstić information content (AvgIpc) is 3.17. The lowest BCUT2D eigenvalue weighted by molar-refractivity contribution is 0.135. The number of nitrogens with one attached hydrogen (secondary N) is 1. The molecule has 1 saturated heterocycles. The molecule has 7 nitrogen and oxygen atoms in total. The van der Waals surface area contributed by atoms with Gasteiger partial charge in [-0.25, -0.2) is 8.42 Å². The van der Waals surface area contributed by atoms with Crippen molar-refractivity contribution in [3.63, 3.8) is 0 Å². The smallest absolute Gasteiger partial charge is 0.178 e. The van der Waals surface area contributed by atoms with E-state index in [0.29, 0.717) is 4.90 Å². The molecule has 0 saturated carbocycles. The van der Waals surface area contributed by atoms with Crippen molar-refractivity contribution in [3.05, 3.63) is 29.8 Å². The van der Waals surface area contributed by atoms with E-state index in [4.69, 9.17) is 0 Å². The number of hydrogen-bond acceptors (Lipinski definition) is 5. The summed E-state index contributed by atoms with van der Waals surface area (Å²) in [6.07, 6.45) is 10.9. The third kappa shape index (κ3) is 3.70. The van der Waals surface area contributed by atoms with E-state index in [1.807, 2.05) is 10.9 Å². The van der Waals surface area contributed by atoms with Crippen molar-refractivity contribution in [1.82, 2.24) is 24.9 Å². The van der Waals surface area contributed by atoms with E-state index >= 15 is 0 Å². The minimum Gasteiger partial charge on any atom is -0.290 e. The standard InChI is InChI=1S/C16H25N5O2S/c1-3-7-21-12-13(9-18-21)11-20-8-5-4-6-14(20)16-15(10-17-19-16)24(2,22)23/h9-10,12,14H,3-8,11H2,1-2H3,(H,17,19)/t14-/m0/s1. The Morgan fingerprint density at radius 2 is 2.17 bits per heavy atom. The van der Waals surface area contributed by atoms with Crippen LogP contribution in [0.5, 0.6) is 0 Å². The zero-order valence-corrected chi connectivity index (χ0v) is 15.1. The van der Waals surface area contributed by atoms with Crippen molar-refractivity contribution in [2.45, 2.75) is 56.6 Å². The first-order valence-electron chi connectivity index (χ1n) is 8.47. The maximum atomic E-state index is 12.0. The van der Waals surface area contributed by atoms with Crippen LogP contribution in [0.15, 0.2) is 23.5 Å². The van der Waals surface area contributed by atoms with E-state index in [2.05, 4.69) is 33.3 Å². The molecule has 1 aliphatic rings. The lowest BCUT2D eigenvalue weighted by Gasteiger charge is -2.35. The molecule has 0 aromatic carbocycles. The first-order valence-corrected chi connectivity index (χ1v) is 10.4. The number of aromatic amines is 1. The van der Waals surface area contributed by atoms with Crippen molar-refractivity contribution < 1.29 is 8.42 Å². The minimum atomic E-state index is -3.28. The highest BCUT2D eigenvalue weighted by Gasteiger charge is 2.30. The van der Waals surface area contributed by atoms with Gasteiger partial charge in [0.2, 0.25) is 0 Å². The van der Waals surface area contributed by atoms with Crippen molar-refractivity contribution >= 4 is 9.84 Å². The maximum Gasteiger partial charge on any atom is 0.178 e. The largest absolute Gasteiger partial charge is 0.290 e. The molecule has 1 atom stereocenters. The molecule has 0 bridgehead atoms. The van der Waals surface area contributed by atoms with Crippen molar-refractivity contribution in [2.24, 2.45) is 0 Å². The van der Waals surface area contributed by atoms with E-state index in [0.717, 1.165) is 56.6 Å². The fourth-order valence-electron chi connectivity index (χ4n) is 3.40. The molecular weight excluding hydrogens is 326 g/mol. The Morgan fingerprint density at radius 3 is 2.92 bits per heavy atom. The second-order valence-electron chi connectivity index (χ2n) is 6.51. The van der Waals surface area contributed by atoms with E-state index < -0.39 is 9.84 Å². The lowest BCUT2D eigenvalue weighted by Crippen LogP contribution is -2.33. The van der Waals surface area contributed by atoms with Gasteiger partial charge >= 0.3 is 0 Å². The number of sulfone groups is 1. The zero-order valence-electron chi connectivity index (χ0n) is 14.3. The number of aromatic nitrogens is 4. The molecular formula is C16H25N5O2S. The summed E-state index contributed by atoms with van der Waals surface area (Å²) in [5.41, 5.74) is 1.88. The molecule has 0 unspecified atom stereocenters. The Balaban J connectivity index is 1.82. The van der Waals surface area contributed by atoms with Gasteiger partial charge in [0.05, 0.1) is 24.1 Å². The van der Waals surface area contributed by atoms with E-state index in [9.17, 15) is 8.42 Å². The summed E-state index contributed by atoms with van der Waals surface area (Å²) in [4.78, 5) is 2.65. The fourth-order valence-corrected chi connectivity index (χ4v) is 4.23. The van der Waals surface area contributed by atoms with Gasteiger partial charge in [-0.3, -0.25) is 14.7 Å². The summed E-state index contributed by atoms with van der Waals surface area (Å²) in [7, 11) is -3.28. The molecule has 0 spiro atoms. The Morgan fingerprint density at radius 1 is 1.33 bits per heavy atom. The summed E-state index contributed by atoms with van der Waals surface area (Å²) >= 11 is 0. The molecule has 1 fully saturated rings. The molecule has 0 aliphatic carbocycles. The van der Waals surface area contributed by atoms with Crippen molar-refractivity contribution in [1.29, 1.82) is 0 Å². The van der Waals surface area contributed by atoms with Crippen molar-refractivity contribution in [3.8, 4) is 0 Å². The number of H-pyrrole nitrogens is 1. The highest BCUT2D eigenvalue weighted by molar-refractivity contribution is 7.90. The normalized spacial score (nSPS) is 19.7. The minimum absolute atomic E-state index is 0.0560. The Hall–Kier alpha value is -1.67. The number of rotatable bonds is 6. The Labute approximate surface area is 143 Å². The molecule has 2 aromatic heterocycles. The van der Waals surface area contributed by atoms with Crippen LogP contribution < -0.4 is 0 Å². The number of hydrogen-bond donors (Lipinski definition) is 1. The fraction of sp³-hybridized carbons (Fsp3) is 0.625. The van der Waals surface area contributed by atoms with Gasteiger partial charge in [-0.1, -0.05) is 13.3 Å².